The van der Waals surface area contributed by atoms with E-state index in [4.69, 9.17) is 15.2 Å². The Hall–Kier alpha value is -3.52. The number of rotatable bonds is 7. The van der Waals surface area contributed by atoms with E-state index in [1.807, 2.05) is 41.3 Å². The molecule has 1 atom stereocenters. The average molecular weight is 407 g/mol. The van der Waals surface area contributed by atoms with E-state index in [0.717, 1.165) is 16.7 Å². The van der Waals surface area contributed by atoms with Crippen LogP contribution in [0.25, 0.3) is 16.6 Å². The van der Waals surface area contributed by atoms with E-state index in [0.29, 0.717) is 41.7 Å². The number of Topliss-reactive ketones (excluding diaryl/α,β-unsaturated/α-hetero) is 1. The van der Waals surface area contributed by atoms with Crippen LogP contribution in [-0.4, -0.2) is 49.6 Å². The zero-order valence-electron chi connectivity index (χ0n) is 17.2. The number of benzene rings is 2. The molecule has 1 aliphatic heterocycles. The second-order valence-corrected chi connectivity index (χ2v) is 6.97. The first kappa shape index (κ1) is 19.8. The number of anilines is 1. The highest BCUT2D eigenvalue weighted by molar-refractivity contribution is 6.28. The van der Waals surface area contributed by atoms with E-state index in [-0.39, 0.29) is 5.78 Å². The number of carbonyl (C=O) groups excluding carboxylic acids is 1. The van der Waals surface area contributed by atoms with E-state index in [9.17, 15) is 4.79 Å². The first-order valence-electron chi connectivity index (χ1n) is 9.75. The van der Waals surface area contributed by atoms with Crippen LogP contribution in [0, 0.1) is 0 Å². The number of carbonyl (C=O) groups is 1. The van der Waals surface area contributed by atoms with Gasteiger partial charge in [-0.25, -0.2) is 4.98 Å². The molecule has 1 aromatic heterocycles. The van der Waals surface area contributed by atoms with Crippen LogP contribution >= 0.6 is 0 Å². The highest BCUT2D eigenvalue weighted by Crippen LogP contribution is 2.39. The fourth-order valence-corrected chi connectivity index (χ4v) is 3.88. The number of para-hydroxylation sites is 2. The summed E-state index contributed by atoms with van der Waals surface area (Å²) < 4.78 is 10.9. The van der Waals surface area contributed by atoms with Crippen molar-refractivity contribution >= 4 is 28.1 Å². The molecule has 156 valence electrons. The summed E-state index contributed by atoms with van der Waals surface area (Å²) in [6, 6.07) is 12.8. The Morgan fingerprint density at radius 1 is 1.17 bits per heavy atom. The molecule has 8 nitrogen and oxygen atoms in total. The number of ether oxygens (including phenoxy) is 2. The summed E-state index contributed by atoms with van der Waals surface area (Å²) in [7, 11) is 4.99. The van der Waals surface area contributed by atoms with Crippen molar-refractivity contribution in [2.75, 3.05) is 32.7 Å². The van der Waals surface area contributed by atoms with Gasteiger partial charge in [0.05, 0.1) is 30.9 Å². The van der Waals surface area contributed by atoms with Crippen molar-refractivity contribution in [1.82, 2.24) is 15.3 Å². The number of nitrogens with one attached hydrogen (secondary N) is 2. The Balaban J connectivity index is 1.90. The molecule has 1 aliphatic rings. The molecule has 0 amide bonds. The molecular formula is C22H25N5O3. The summed E-state index contributed by atoms with van der Waals surface area (Å²) in [6.45, 7) is 0.373. The summed E-state index contributed by atoms with van der Waals surface area (Å²) >= 11 is 0. The molecule has 30 heavy (non-hydrogen) atoms. The SMILES string of the molecule is CNC1=C(c2nc3ccccc3[nH]2)C(=O)C(CCN)N1c1cc(OC)cc(OC)c1. The van der Waals surface area contributed by atoms with Crippen molar-refractivity contribution in [3.63, 3.8) is 0 Å². The Bertz CT molecular complexity index is 1070. The first-order valence-corrected chi connectivity index (χ1v) is 9.75. The number of hydrogen-bond acceptors (Lipinski definition) is 7. The molecule has 3 aromatic rings. The van der Waals surface area contributed by atoms with Crippen molar-refractivity contribution in [3.05, 3.63) is 54.1 Å². The van der Waals surface area contributed by atoms with Gasteiger partial charge < -0.3 is 30.4 Å². The van der Waals surface area contributed by atoms with Gasteiger partial charge in [0.1, 0.15) is 34.8 Å². The van der Waals surface area contributed by atoms with Gasteiger partial charge >= 0.3 is 0 Å². The van der Waals surface area contributed by atoms with E-state index < -0.39 is 6.04 Å². The zero-order chi connectivity index (χ0) is 21.3. The van der Waals surface area contributed by atoms with E-state index in [1.54, 1.807) is 27.3 Å². The third-order valence-electron chi connectivity index (χ3n) is 5.26. The molecule has 0 bridgehead atoms. The molecular weight excluding hydrogens is 382 g/mol. The molecule has 4 rings (SSSR count). The molecule has 0 saturated carbocycles. The van der Waals surface area contributed by atoms with Gasteiger partial charge in [-0.15, -0.1) is 0 Å². The zero-order valence-corrected chi connectivity index (χ0v) is 17.2. The fourth-order valence-electron chi connectivity index (χ4n) is 3.88. The van der Waals surface area contributed by atoms with Gasteiger partial charge in [0.15, 0.2) is 5.78 Å². The number of hydrogen-bond donors (Lipinski definition) is 3. The van der Waals surface area contributed by atoms with Gasteiger partial charge in [-0.2, -0.15) is 0 Å². The van der Waals surface area contributed by atoms with E-state index >= 15 is 0 Å². The van der Waals surface area contributed by atoms with Crippen LogP contribution < -0.4 is 25.4 Å². The molecule has 2 heterocycles. The molecule has 1 unspecified atom stereocenters. The van der Waals surface area contributed by atoms with Crippen molar-refractivity contribution in [2.45, 2.75) is 12.5 Å². The van der Waals surface area contributed by atoms with E-state index in [1.165, 1.54) is 0 Å². The van der Waals surface area contributed by atoms with Crippen LogP contribution in [0.2, 0.25) is 0 Å². The molecule has 0 saturated heterocycles. The van der Waals surface area contributed by atoms with Crippen LogP contribution in [0.5, 0.6) is 11.5 Å². The van der Waals surface area contributed by atoms with Crippen LogP contribution in [0.1, 0.15) is 12.2 Å². The lowest BCUT2D eigenvalue weighted by Gasteiger charge is -2.29. The maximum Gasteiger partial charge on any atom is 0.193 e. The minimum Gasteiger partial charge on any atom is -0.497 e. The van der Waals surface area contributed by atoms with Crippen molar-refractivity contribution in [1.29, 1.82) is 0 Å². The molecule has 2 aromatic carbocycles. The lowest BCUT2D eigenvalue weighted by molar-refractivity contribution is -0.114. The Labute approximate surface area is 174 Å². The number of nitrogens with two attached hydrogens (primary N) is 1. The van der Waals surface area contributed by atoms with Crippen LogP contribution in [0.4, 0.5) is 5.69 Å². The van der Waals surface area contributed by atoms with Gasteiger partial charge in [0, 0.05) is 25.2 Å². The minimum absolute atomic E-state index is 0.0364. The van der Waals surface area contributed by atoms with Crippen molar-refractivity contribution in [2.24, 2.45) is 5.73 Å². The summed E-state index contributed by atoms with van der Waals surface area (Å²) in [4.78, 5) is 23.4. The average Bonchev–Trinajstić information content (AvgIpc) is 3.32. The number of fused-ring (bicyclic) bond motifs is 1. The number of methoxy groups -OCH3 is 2. The quantitative estimate of drug-likeness (QED) is 0.552. The molecule has 4 N–H and O–H groups in total. The van der Waals surface area contributed by atoms with Crippen molar-refractivity contribution < 1.29 is 14.3 Å². The summed E-state index contributed by atoms with van der Waals surface area (Å²) in [6.07, 6.45) is 0.493. The summed E-state index contributed by atoms with van der Waals surface area (Å²) in [5.41, 5.74) is 8.83. The van der Waals surface area contributed by atoms with Crippen LogP contribution in [-0.2, 0) is 4.79 Å². The number of imidazole rings is 1. The van der Waals surface area contributed by atoms with E-state index in [2.05, 4.69) is 15.3 Å². The maximum absolute atomic E-state index is 13.5. The Morgan fingerprint density at radius 3 is 2.47 bits per heavy atom. The third kappa shape index (κ3) is 3.25. The standard InChI is InChI=1S/C22H25N5O3/c1-24-22-19(21-25-16-6-4-5-7-17(16)26-21)20(28)18(8-9-23)27(22)13-10-14(29-2)12-15(11-13)30-3/h4-7,10-12,18,24H,8-9,23H2,1-3H3,(H,25,26). The third-order valence-corrected chi connectivity index (χ3v) is 5.26. The van der Waals surface area contributed by atoms with Crippen LogP contribution in [0.3, 0.4) is 0 Å². The molecule has 0 aliphatic carbocycles. The maximum atomic E-state index is 13.5. The van der Waals surface area contributed by atoms with Gasteiger partial charge in [0.2, 0.25) is 0 Å². The first-order chi connectivity index (χ1) is 14.6. The second-order valence-electron chi connectivity index (χ2n) is 6.97. The monoisotopic (exact) mass is 407 g/mol. The molecule has 8 heteroatoms. The largest absolute Gasteiger partial charge is 0.497 e. The van der Waals surface area contributed by atoms with Gasteiger partial charge in [-0.1, -0.05) is 12.1 Å². The second kappa shape index (κ2) is 8.08. The molecule has 0 radical (unpaired) electrons. The number of aromatic amines is 1. The van der Waals surface area contributed by atoms with Crippen LogP contribution in [0.15, 0.2) is 48.3 Å². The molecule has 0 fully saturated rings. The summed E-state index contributed by atoms with van der Waals surface area (Å²) in [5.74, 6) is 2.43. The topological polar surface area (TPSA) is 106 Å². The summed E-state index contributed by atoms with van der Waals surface area (Å²) in [5, 5.41) is 3.20. The number of aromatic nitrogens is 2. The van der Waals surface area contributed by atoms with Gasteiger partial charge in [-0.05, 0) is 25.1 Å². The molecule has 0 spiro atoms. The normalized spacial score (nSPS) is 16.5. The smallest absolute Gasteiger partial charge is 0.193 e. The number of ketones is 1. The lowest BCUT2D eigenvalue weighted by Crippen LogP contribution is -2.38. The fraction of sp³-hybridized carbons (Fsp3) is 0.273. The predicted octanol–water partition coefficient (Wildman–Crippen LogP) is 2.27. The predicted molar refractivity (Wildman–Crippen MR) is 117 cm³/mol. The van der Waals surface area contributed by atoms with Gasteiger partial charge in [0.25, 0.3) is 0 Å². The number of H-pyrrole nitrogens is 1. The van der Waals surface area contributed by atoms with Crippen molar-refractivity contribution in [3.8, 4) is 11.5 Å². The Kier molecular flexibility index (Phi) is 5.33. The highest BCUT2D eigenvalue weighted by atomic mass is 16.5. The minimum atomic E-state index is -0.461. The number of nitrogens with zero attached hydrogens (tertiary/aromatic N) is 2. The lowest BCUT2D eigenvalue weighted by atomic mass is 10.0. The highest BCUT2D eigenvalue weighted by Gasteiger charge is 2.41. The Morgan fingerprint density at radius 2 is 1.87 bits per heavy atom. The van der Waals surface area contributed by atoms with Gasteiger partial charge in [-0.3, -0.25) is 4.79 Å².